The lowest BCUT2D eigenvalue weighted by Crippen LogP contribution is -2.35. The largest absolute Gasteiger partial charge is 0.299 e. The number of aromatic nitrogens is 1. The number of fused-ring (bicyclic) bond motifs is 2. The molecule has 0 spiro atoms. The predicted octanol–water partition coefficient (Wildman–Crippen LogP) is 5.23. The summed E-state index contributed by atoms with van der Waals surface area (Å²) in [6, 6.07) is 15.0. The number of benzene rings is 1. The van der Waals surface area contributed by atoms with Gasteiger partial charge in [0.1, 0.15) is 0 Å². The van der Waals surface area contributed by atoms with E-state index in [0.29, 0.717) is 18.3 Å². The molecule has 2 aromatic heterocycles. The number of thiophene rings is 1. The first-order valence-electron chi connectivity index (χ1n) is 10.5. The van der Waals surface area contributed by atoms with E-state index in [-0.39, 0.29) is 5.78 Å². The molecule has 3 nitrogen and oxygen atoms in total. The lowest BCUT2D eigenvalue weighted by atomic mass is 9.75. The second-order valence-electron chi connectivity index (χ2n) is 8.34. The minimum Gasteiger partial charge on any atom is -0.299 e. The number of ketones is 1. The third-order valence-electron chi connectivity index (χ3n) is 6.64. The molecular weight excluding hydrogens is 376 g/mol. The number of hydrogen-bond acceptors (Lipinski definition) is 4. The molecule has 1 atom stereocenters. The van der Waals surface area contributed by atoms with E-state index in [1.54, 1.807) is 11.3 Å². The topological polar surface area (TPSA) is 33.2 Å². The van der Waals surface area contributed by atoms with E-state index in [1.165, 1.54) is 35.1 Å². The molecule has 29 heavy (non-hydrogen) atoms. The molecule has 0 N–H and O–H groups in total. The lowest BCUT2D eigenvalue weighted by molar-refractivity contribution is 0.0996. The summed E-state index contributed by atoms with van der Waals surface area (Å²) in [5.74, 6) is 1.22. The normalized spacial score (nSPS) is 20.2. The Morgan fingerprint density at radius 3 is 2.72 bits per heavy atom. The Balaban J connectivity index is 1.39. The van der Waals surface area contributed by atoms with Gasteiger partial charge < -0.3 is 0 Å². The summed E-state index contributed by atoms with van der Waals surface area (Å²) in [6.07, 6.45) is 4.75. The fourth-order valence-electron chi connectivity index (χ4n) is 5.09. The van der Waals surface area contributed by atoms with Crippen molar-refractivity contribution in [2.75, 3.05) is 13.1 Å². The summed E-state index contributed by atoms with van der Waals surface area (Å²) < 4.78 is 0. The average molecular weight is 403 g/mol. The maximum Gasteiger partial charge on any atom is 0.177 e. The van der Waals surface area contributed by atoms with E-state index in [1.807, 2.05) is 12.3 Å². The SMILES string of the molecule is Cc1ncccc1CN1CCC(C2c3ccccc3CC(=O)c3sccc32)CC1. The molecule has 1 saturated heterocycles. The molecular formula is C25H26N2OS. The Morgan fingerprint density at radius 2 is 1.90 bits per heavy atom. The highest BCUT2D eigenvalue weighted by atomic mass is 32.1. The molecule has 3 heterocycles. The molecule has 1 aliphatic heterocycles. The minimum absolute atomic E-state index is 0.287. The Bertz CT molecular complexity index is 1030. The smallest absolute Gasteiger partial charge is 0.177 e. The Kier molecular flexibility index (Phi) is 5.06. The number of pyridine rings is 1. The number of rotatable bonds is 3. The standard InChI is InChI=1S/C25H26N2OS/c1-17-20(6-4-11-26-17)16-27-12-8-18(9-13-27)24-21-7-3-2-5-19(21)15-23(28)25-22(24)10-14-29-25/h2-7,10-11,14,18,24H,8-9,12-13,15-16H2,1H3. The van der Waals surface area contributed by atoms with E-state index in [0.717, 1.165) is 30.2 Å². The first-order valence-corrected chi connectivity index (χ1v) is 11.4. The van der Waals surface area contributed by atoms with Crippen LogP contribution in [0, 0.1) is 12.8 Å². The molecule has 1 aromatic carbocycles. The van der Waals surface area contributed by atoms with Crippen molar-refractivity contribution in [3.63, 3.8) is 0 Å². The second kappa shape index (κ2) is 7.85. The molecule has 4 heteroatoms. The third kappa shape index (κ3) is 3.56. The first kappa shape index (κ1) is 18.7. The van der Waals surface area contributed by atoms with Gasteiger partial charge in [-0.15, -0.1) is 11.3 Å². The molecule has 0 amide bonds. The van der Waals surface area contributed by atoms with Crippen LogP contribution in [0.25, 0.3) is 0 Å². The number of Topliss-reactive ketones (excluding diaryl/α,β-unsaturated/α-hetero) is 1. The van der Waals surface area contributed by atoms with Gasteiger partial charge in [-0.05, 0) is 78.5 Å². The van der Waals surface area contributed by atoms with Crippen molar-refractivity contribution in [3.05, 3.63) is 86.9 Å². The third-order valence-corrected chi connectivity index (χ3v) is 7.61. The Hall–Kier alpha value is -2.30. The van der Waals surface area contributed by atoms with Crippen molar-refractivity contribution in [3.8, 4) is 0 Å². The van der Waals surface area contributed by atoms with Crippen LogP contribution in [-0.2, 0) is 13.0 Å². The molecule has 1 fully saturated rings. The zero-order valence-electron chi connectivity index (χ0n) is 16.8. The fourth-order valence-corrected chi connectivity index (χ4v) is 5.97. The van der Waals surface area contributed by atoms with Gasteiger partial charge in [-0.25, -0.2) is 0 Å². The predicted molar refractivity (Wildman–Crippen MR) is 118 cm³/mol. The number of hydrogen-bond donors (Lipinski definition) is 0. The van der Waals surface area contributed by atoms with Gasteiger partial charge in [-0.1, -0.05) is 30.3 Å². The summed E-state index contributed by atoms with van der Waals surface area (Å²) in [5, 5.41) is 2.10. The summed E-state index contributed by atoms with van der Waals surface area (Å²) >= 11 is 1.62. The molecule has 5 rings (SSSR count). The van der Waals surface area contributed by atoms with Crippen molar-refractivity contribution in [2.24, 2.45) is 5.92 Å². The van der Waals surface area contributed by atoms with Crippen molar-refractivity contribution < 1.29 is 4.79 Å². The number of carbonyl (C=O) groups is 1. The van der Waals surface area contributed by atoms with Gasteiger partial charge in [-0.2, -0.15) is 0 Å². The molecule has 2 aliphatic rings. The highest BCUT2D eigenvalue weighted by molar-refractivity contribution is 7.12. The maximum absolute atomic E-state index is 12.8. The molecule has 3 aromatic rings. The van der Waals surface area contributed by atoms with Crippen molar-refractivity contribution >= 4 is 17.1 Å². The number of nitrogens with zero attached hydrogens (tertiary/aromatic N) is 2. The van der Waals surface area contributed by atoms with Crippen LogP contribution in [-0.4, -0.2) is 28.8 Å². The highest BCUT2D eigenvalue weighted by Crippen LogP contribution is 2.44. The van der Waals surface area contributed by atoms with Crippen LogP contribution in [0.4, 0.5) is 0 Å². The van der Waals surface area contributed by atoms with Crippen LogP contribution >= 0.6 is 11.3 Å². The van der Waals surface area contributed by atoms with E-state index in [4.69, 9.17) is 0 Å². The number of likely N-dealkylation sites (tertiary alicyclic amines) is 1. The number of carbonyl (C=O) groups excluding carboxylic acids is 1. The van der Waals surface area contributed by atoms with Gasteiger partial charge in [0, 0.05) is 30.8 Å². The molecule has 0 bridgehead atoms. The molecule has 1 unspecified atom stereocenters. The van der Waals surface area contributed by atoms with E-state index < -0.39 is 0 Å². The maximum atomic E-state index is 12.8. The lowest BCUT2D eigenvalue weighted by Gasteiger charge is -2.37. The van der Waals surface area contributed by atoms with Gasteiger partial charge in [-0.3, -0.25) is 14.7 Å². The van der Waals surface area contributed by atoms with E-state index >= 15 is 0 Å². The first-order chi connectivity index (χ1) is 14.2. The zero-order chi connectivity index (χ0) is 19.8. The number of piperidine rings is 1. The molecule has 1 aliphatic carbocycles. The second-order valence-corrected chi connectivity index (χ2v) is 9.26. The van der Waals surface area contributed by atoms with Gasteiger partial charge in [0.2, 0.25) is 0 Å². The number of aryl methyl sites for hydroxylation is 1. The van der Waals surface area contributed by atoms with Gasteiger partial charge in [0.15, 0.2) is 5.78 Å². The van der Waals surface area contributed by atoms with Crippen molar-refractivity contribution in [1.29, 1.82) is 0 Å². The van der Waals surface area contributed by atoms with Crippen LogP contribution in [0.15, 0.2) is 54.0 Å². The average Bonchev–Trinajstić information content (AvgIpc) is 3.18. The summed E-state index contributed by atoms with van der Waals surface area (Å²) in [4.78, 5) is 20.8. The monoisotopic (exact) mass is 402 g/mol. The van der Waals surface area contributed by atoms with Crippen LogP contribution in [0.5, 0.6) is 0 Å². The molecule has 0 radical (unpaired) electrons. The molecule has 148 valence electrons. The van der Waals surface area contributed by atoms with Crippen LogP contribution in [0.3, 0.4) is 0 Å². The van der Waals surface area contributed by atoms with Gasteiger partial charge in [0.05, 0.1) is 4.88 Å². The zero-order valence-corrected chi connectivity index (χ0v) is 17.6. The summed E-state index contributed by atoms with van der Waals surface area (Å²) in [5.41, 5.74) is 6.33. The van der Waals surface area contributed by atoms with Gasteiger partial charge in [0.25, 0.3) is 0 Å². The summed E-state index contributed by atoms with van der Waals surface area (Å²) in [7, 11) is 0. The summed E-state index contributed by atoms with van der Waals surface area (Å²) in [6.45, 7) is 5.28. The van der Waals surface area contributed by atoms with Crippen molar-refractivity contribution in [1.82, 2.24) is 9.88 Å². The van der Waals surface area contributed by atoms with Crippen LogP contribution < -0.4 is 0 Å². The van der Waals surface area contributed by atoms with Gasteiger partial charge >= 0.3 is 0 Å². The highest BCUT2D eigenvalue weighted by Gasteiger charge is 2.35. The Labute approximate surface area is 176 Å². The van der Waals surface area contributed by atoms with E-state index in [9.17, 15) is 4.79 Å². The Morgan fingerprint density at radius 1 is 1.07 bits per heavy atom. The van der Waals surface area contributed by atoms with E-state index in [2.05, 4.69) is 58.6 Å². The van der Waals surface area contributed by atoms with Crippen molar-refractivity contribution in [2.45, 2.75) is 38.6 Å². The van der Waals surface area contributed by atoms with Crippen LogP contribution in [0.2, 0.25) is 0 Å². The molecule has 0 saturated carbocycles. The van der Waals surface area contributed by atoms with Crippen LogP contribution in [0.1, 0.15) is 56.4 Å². The fraction of sp³-hybridized carbons (Fsp3) is 0.360. The quantitative estimate of drug-likeness (QED) is 0.601. The minimum atomic E-state index is 0.287.